The monoisotopic (exact) mass is 206 g/mol. The van der Waals surface area contributed by atoms with E-state index in [4.69, 9.17) is 0 Å². The molecule has 0 amide bonds. The van der Waals surface area contributed by atoms with Crippen molar-refractivity contribution in [3.63, 3.8) is 0 Å². The van der Waals surface area contributed by atoms with E-state index in [0.29, 0.717) is 17.6 Å². The number of carbonyl (C=O) groups is 1. The third kappa shape index (κ3) is 4.46. The Labute approximate surface area is 93.3 Å². The first-order chi connectivity index (χ1) is 7.09. The van der Waals surface area contributed by atoms with E-state index in [9.17, 15) is 4.79 Å². The molecule has 0 aromatic rings. The molecule has 0 fully saturated rings. The summed E-state index contributed by atoms with van der Waals surface area (Å²) in [7, 11) is 0. The van der Waals surface area contributed by atoms with Crippen molar-refractivity contribution in [2.45, 2.75) is 46.5 Å². The molecule has 1 aliphatic rings. The summed E-state index contributed by atoms with van der Waals surface area (Å²) in [5.41, 5.74) is 1.40. The minimum absolute atomic E-state index is 0.294. The standard InChI is InChI=1S/C14H22O/c1-11(2)5-4-6-12(3)13-7-9-14(15)10-8-13/h5,7,9,12-13H,4,6,8,10H2,1-3H3/t12-,13+/m1/s1. The third-order valence-electron chi connectivity index (χ3n) is 3.16. The van der Waals surface area contributed by atoms with E-state index in [-0.39, 0.29) is 0 Å². The maximum absolute atomic E-state index is 11.0. The number of ketones is 1. The Kier molecular flexibility index (Phi) is 4.80. The van der Waals surface area contributed by atoms with Gasteiger partial charge in [-0.15, -0.1) is 0 Å². The van der Waals surface area contributed by atoms with Crippen LogP contribution in [-0.2, 0) is 4.79 Å². The van der Waals surface area contributed by atoms with Crippen LogP contribution in [0.4, 0.5) is 0 Å². The van der Waals surface area contributed by atoms with E-state index in [1.807, 2.05) is 0 Å². The molecule has 0 aliphatic heterocycles. The molecule has 0 bridgehead atoms. The summed E-state index contributed by atoms with van der Waals surface area (Å²) >= 11 is 0. The highest BCUT2D eigenvalue weighted by atomic mass is 16.1. The summed E-state index contributed by atoms with van der Waals surface area (Å²) in [6.45, 7) is 6.58. The smallest absolute Gasteiger partial charge is 0.155 e. The molecule has 0 radical (unpaired) electrons. The summed E-state index contributed by atoms with van der Waals surface area (Å²) in [4.78, 5) is 11.0. The molecule has 84 valence electrons. The van der Waals surface area contributed by atoms with Gasteiger partial charge in [0.25, 0.3) is 0 Å². The van der Waals surface area contributed by atoms with Crippen molar-refractivity contribution >= 4 is 5.78 Å². The van der Waals surface area contributed by atoms with Crippen molar-refractivity contribution in [2.24, 2.45) is 11.8 Å². The quantitative estimate of drug-likeness (QED) is 0.637. The zero-order valence-corrected chi connectivity index (χ0v) is 10.1. The average Bonchev–Trinajstić information content (AvgIpc) is 2.18. The predicted molar refractivity (Wildman–Crippen MR) is 64.7 cm³/mol. The number of carbonyl (C=O) groups excluding carboxylic acids is 1. The first-order valence-corrected chi connectivity index (χ1v) is 5.94. The topological polar surface area (TPSA) is 17.1 Å². The van der Waals surface area contributed by atoms with Gasteiger partial charge in [-0.1, -0.05) is 24.6 Å². The second-order valence-electron chi connectivity index (χ2n) is 4.86. The summed E-state index contributed by atoms with van der Waals surface area (Å²) in [5.74, 6) is 1.61. The summed E-state index contributed by atoms with van der Waals surface area (Å²) in [6, 6.07) is 0. The van der Waals surface area contributed by atoms with Gasteiger partial charge < -0.3 is 0 Å². The molecule has 0 heterocycles. The van der Waals surface area contributed by atoms with Crippen LogP contribution in [0.2, 0.25) is 0 Å². The molecule has 1 nitrogen and oxygen atoms in total. The first-order valence-electron chi connectivity index (χ1n) is 5.94. The zero-order chi connectivity index (χ0) is 11.3. The lowest BCUT2D eigenvalue weighted by Crippen LogP contribution is -2.15. The van der Waals surface area contributed by atoms with Crippen LogP contribution in [0, 0.1) is 11.8 Å². The largest absolute Gasteiger partial charge is 0.295 e. The minimum atomic E-state index is 0.294. The van der Waals surface area contributed by atoms with E-state index in [1.165, 1.54) is 18.4 Å². The van der Waals surface area contributed by atoms with Crippen LogP contribution in [0.3, 0.4) is 0 Å². The minimum Gasteiger partial charge on any atom is -0.295 e. The fourth-order valence-electron chi connectivity index (χ4n) is 2.04. The highest BCUT2D eigenvalue weighted by molar-refractivity contribution is 5.90. The van der Waals surface area contributed by atoms with Gasteiger partial charge in [0.1, 0.15) is 0 Å². The number of hydrogen-bond donors (Lipinski definition) is 0. The Morgan fingerprint density at radius 1 is 1.60 bits per heavy atom. The van der Waals surface area contributed by atoms with Crippen molar-refractivity contribution in [3.8, 4) is 0 Å². The second-order valence-corrected chi connectivity index (χ2v) is 4.86. The van der Waals surface area contributed by atoms with Gasteiger partial charge in [-0.3, -0.25) is 4.79 Å². The normalized spacial score (nSPS) is 22.6. The Balaban J connectivity index is 2.34. The van der Waals surface area contributed by atoms with Crippen molar-refractivity contribution < 1.29 is 4.79 Å². The summed E-state index contributed by atoms with van der Waals surface area (Å²) in [6.07, 6.45) is 10.4. The molecule has 0 spiro atoms. The van der Waals surface area contributed by atoms with Gasteiger partial charge in [-0.2, -0.15) is 0 Å². The van der Waals surface area contributed by atoms with Crippen LogP contribution >= 0.6 is 0 Å². The number of rotatable bonds is 4. The molecule has 1 rings (SSSR count). The predicted octanol–water partition coefficient (Wildman–Crippen LogP) is 3.90. The Bertz CT molecular complexity index is 269. The van der Waals surface area contributed by atoms with Gasteiger partial charge in [0.2, 0.25) is 0 Å². The lowest BCUT2D eigenvalue weighted by atomic mass is 9.83. The van der Waals surface area contributed by atoms with Crippen LogP contribution in [0.15, 0.2) is 23.8 Å². The van der Waals surface area contributed by atoms with Gasteiger partial charge in [-0.05, 0) is 51.0 Å². The molecule has 1 aliphatic carbocycles. The van der Waals surface area contributed by atoms with Gasteiger partial charge in [0.05, 0.1) is 0 Å². The first kappa shape index (κ1) is 12.2. The molecule has 0 saturated carbocycles. The lowest BCUT2D eigenvalue weighted by molar-refractivity contribution is -0.115. The van der Waals surface area contributed by atoms with Crippen molar-refractivity contribution in [1.82, 2.24) is 0 Å². The molecule has 0 N–H and O–H groups in total. The number of allylic oxidation sites excluding steroid dienone is 4. The Morgan fingerprint density at radius 2 is 2.33 bits per heavy atom. The van der Waals surface area contributed by atoms with E-state index in [0.717, 1.165) is 12.8 Å². The van der Waals surface area contributed by atoms with Gasteiger partial charge >= 0.3 is 0 Å². The summed E-state index contributed by atoms with van der Waals surface area (Å²) < 4.78 is 0. The third-order valence-corrected chi connectivity index (χ3v) is 3.16. The average molecular weight is 206 g/mol. The molecule has 0 saturated heterocycles. The molecular weight excluding hydrogens is 184 g/mol. The second kappa shape index (κ2) is 5.89. The van der Waals surface area contributed by atoms with Gasteiger partial charge in [-0.25, -0.2) is 0 Å². The highest BCUT2D eigenvalue weighted by Gasteiger charge is 2.18. The molecule has 1 heteroatoms. The van der Waals surface area contributed by atoms with Crippen LogP contribution in [0.25, 0.3) is 0 Å². The Hall–Kier alpha value is -0.850. The highest BCUT2D eigenvalue weighted by Crippen LogP contribution is 2.26. The molecule has 0 aromatic heterocycles. The Morgan fingerprint density at radius 3 is 2.87 bits per heavy atom. The van der Waals surface area contributed by atoms with Crippen molar-refractivity contribution in [2.75, 3.05) is 0 Å². The fraction of sp³-hybridized carbons (Fsp3) is 0.643. The summed E-state index contributed by atoms with van der Waals surface area (Å²) in [5, 5.41) is 0. The van der Waals surface area contributed by atoms with Crippen molar-refractivity contribution in [1.29, 1.82) is 0 Å². The SMILES string of the molecule is CC(C)=CCC[C@@H](C)[C@H]1C=CC(=O)CC1. The fourth-order valence-corrected chi connectivity index (χ4v) is 2.04. The number of hydrogen-bond acceptors (Lipinski definition) is 1. The molecule has 0 unspecified atom stereocenters. The van der Waals surface area contributed by atoms with E-state index in [2.05, 4.69) is 32.9 Å². The van der Waals surface area contributed by atoms with Gasteiger partial charge in [0.15, 0.2) is 5.78 Å². The molecule has 0 aromatic carbocycles. The lowest BCUT2D eigenvalue weighted by Gasteiger charge is -2.22. The molecule has 15 heavy (non-hydrogen) atoms. The molecule has 2 atom stereocenters. The van der Waals surface area contributed by atoms with Crippen LogP contribution in [0.5, 0.6) is 0 Å². The van der Waals surface area contributed by atoms with Crippen molar-refractivity contribution in [3.05, 3.63) is 23.8 Å². The van der Waals surface area contributed by atoms with Crippen LogP contribution < -0.4 is 0 Å². The van der Waals surface area contributed by atoms with Crippen LogP contribution in [0.1, 0.15) is 46.5 Å². The maximum atomic E-state index is 11.0. The van der Waals surface area contributed by atoms with E-state index < -0.39 is 0 Å². The van der Waals surface area contributed by atoms with Gasteiger partial charge in [0, 0.05) is 6.42 Å². The van der Waals surface area contributed by atoms with E-state index >= 15 is 0 Å². The molecular formula is C14H22O. The maximum Gasteiger partial charge on any atom is 0.155 e. The van der Waals surface area contributed by atoms with Crippen LogP contribution in [-0.4, -0.2) is 5.78 Å². The zero-order valence-electron chi connectivity index (χ0n) is 10.1. The van der Waals surface area contributed by atoms with E-state index in [1.54, 1.807) is 6.08 Å².